The molecule has 0 unspecified atom stereocenters. The summed E-state index contributed by atoms with van der Waals surface area (Å²) in [4.78, 5) is 2.37. The van der Waals surface area contributed by atoms with Gasteiger partial charge in [0.15, 0.2) is 0 Å². The lowest BCUT2D eigenvalue weighted by Gasteiger charge is -2.26. The number of hydrogen-bond acceptors (Lipinski definition) is 1. The summed E-state index contributed by atoms with van der Waals surface area (Å²) in [5.41, 5.74) is 10.6. The molecule has 0 bridgehead atoms. The molecule has 0 aromatic heterocycles. The molecule has 0 aliphatic carbocycles. The molecule has 0 aliphatic heterocycles. The van der Waals surface area contributed by atoms with Crippen molar-refractivity contribution >= 4 is 60.2 Å². The number of benzene rings is 10. The monoisotopic (exact) mass is 673 g/mol. The van der Waals surface area contributed by atoms with E-state index in [2.05, 4.69) is 217 Å². The van der Waals surface area contributed by atoms with Crippen LogP contribution in [0.15, 0.2) is 212 Å². The van der Waals surface area contributed by atoms with Crippen molar-refractivity contribution in [2.45, 2.75) is 0 Å². The fourth-order valence-corrected chi connectivity index (χ4v) is 7.98. The Morgan fingerprint density at radius 3 is 1.47 bits per heavy atom. The second-order valence-corrected chi connectivity index (χ2v) is 13.8. The lowest BCUT2D eigenvalue weighted by molar-refractivity contribution is 1.28. The summed E-state index contributed by atoms with van der Waals surface area (Å²) in [6, 6.07) is 77.2. The Balaban J connectivity index is 1.08. The largest absolute Gasteiger partial charge is 0.310 e. The second kappa shape index (κ2) is 13.0. The van der Waals surface area contributed by atoms with E-state index < -0.39 is 0 Å². The summed E-state index contributed by atoms with van der Waals surface area (Å²) in [6.07, 6.45) is 0. The van der Waals surface area contributed by atoms with E-state index in [1.165, 1.54) is 76.5 Å². The first-order valence-corrected chi connectivity index (χ1v) is 18.3. The summed E-state index contributed by atoms with van der Waals surface area (Å²) in [5, 5.41) is 10.2. The number of rotatable bonds is 6. The van der Waals surface area contributed by atoms with Crippen molar-refractivity contribution in [2.24, 2.45) is 0 Å². The number of anilines is 3. The Bertz CT molecular complexity index is 2910. The summed E-state index contributed by atoms with van der Waals surface area (Å²) >= 11 is 0. The standard InChI is InChI=1S/C52H35N/c1-2-10-36(11-3-1)37-26-30-45(31-27-37)53(47-16-8-15-44(34-47)49-19-9-14-39-12-4-6-17-48(39)49)46-32-28-38(29-33-46)43-25-22-41-21-24-42-23-20-40-13-5-7-18-50(40)52(42)51(41)35-43/h1-35H. The highest BCUT2D eigenvalue weighted by molar-refractivity contribution is 6.20. The maximum absolute atomic E-state index is 2.37. The molecule has 0 aliphatic rings. The quantitative estimate of drug-likeness (QED) is 0.159. The van der Waals surface area contributed by atoms with Crippen molar-refractivity contribution in [1.29, 1.82) is 0 Å². The van der Waals surface area contributed by atoms with Crippen LogP contribution in [-0.2, 0) is 0 Å². The zero-order valence-corrected chi connectivity index (χ0v) is 29.2. The Kier molecular flexibility index (Phi) is 7.55. The van der Waals surface area contributed by atoms with Gasteiger partial charge in [-0.05, 0) is 119 Å². The van der Waals surface area contributed by atoms with Gasteiger partial charge < -0.3 is 4.90 Å². The molecule has 0 N–H and O–H groups in total. The van der Waals surface area contributed by atoms with Crippen LogP contribution in [-0.4, -0.2) is 0 Å². The maximum Gasteiger partial charge on any atom is 0.0467 e. The molecule has 0 heterocycles. The van der Waals surface area contributed by atoms with Gasteiger partial charge >= 0.3 is 0 Å². The van der Waals surface area contributed by atoms with E-state index in [4.69, 9.17) is 0 Å². The van der Waals surface area contributed by atoms with Crippen molar-refractivity contribution in [3.8, 4) is 33.4 Å². The molecule has 0 amide bonds. The predicted octanol–water partition coefficient (Wildman–Crippen LogP) is 14.8. The molecule has 0 radical (unpaired) electrons. The van der Waals surface area contributed by atoms with Gasteiger partial charge in [0.05, 0.1) is 0 Å². The van der Waals surface area contributed by atoms with Gasteiger partial charge in [-0.2, -0.15) is 0 Å². The van der Waals surface area contributed by atoms with E-state index >= 15 is 0 Å². The molecule has 0 saturated carbocycles. The Hall–Kier alpha value is -6.96. The maximum atomic E-state index is 2.37. The summed E-state index contributed by atoms with van der Waals surface area (Å²) in [7, 11) is 0. The van der Waals surface area contributed by atoms with E-state index in [0.29, 0.717) is 0 Å². The minimum absolute atomic E-state index is 1.11. The van der Waals surface area contributed by atoms with Gasteiger partial charge in [0.2, 0.25) is 0 Å². The molecule has 10 aromatic rings. The van der Waals surface area contributed by atoms with Crippen LogP contribution < -0.4 is 4.90 Å². The van der Waals surface area contributed by atoms with E-state index in [-0.39, 0.29) is 0 Å². The van der Waals surface area contributed by atoms with Crippen LogP contribution in [0, 0.1) is 0 Å². The van der Waals surface area contributed by atoms with Gasteiger partial charge in [-0.25, -0.2) is 0 Å². The van der Waals surface area contributed by atoms with Crippen molar-refractivity contribution in [3.63, 3.8) is 0 Å². The molecule has 10 aromatic carbocycles. The molecule has 10 rings (SSSR count). The van der Waals surface area contributed by atoms with Crippen LogP contribution in [0.5, 0.6) is 0 Å². The van der Waals surface area contributed by atoms with Gasteiger partial charge in [-0.3, -0.25) is 0 Å². The SMILES string of the molecule is c1ccc(-c2ccc(N(c3ccc(-c4ccc5ccc6ccc7ccccc7c6c5c4)cc3)c3cccc(-c4cccc5ccccc45)c3)cc2)cc1. The number of hydrogen-bond donors (Lipinski definition) is 0. The van der Waals surface area contributed by atoms with Gasteiger partial charge in [-0.15, -0.1) is 0 Å². The molecule has 53 heavy (non-hydrogen) atoms. The average Bonchev–Trinajstić information content (AvgIpc) is 3.24. The highest BCUT2D eigenvalue weighted by Crippen LogP contribution is 2.40. The summed E-state index contributed by atoms with van der Waals surface area (Å²) < 4.78 is 0. The Labute approximate surface area is 309 Å². The summed E-state index contributed by atoms with van der Waals surface area (Å²) in [6.45, 7) is 0. The lowest BCUT2D eigenvalue weighted by atomic mass is 9.94. The fraction of sp³-hybridized carbons (Fsp3) is 0. The average molecular weight is 674 g/mol. The first kappa shape index (κ1) is 30.8. The van der Waals surface area contributed by atoms with Crippen LogP contribution in [0.4, 0.5) is 17.1 Å². The lowest BCUT2D eigenvalue weighted by Crippen LogP contribution is -2.10. The molecule has 1 nitrogen and oxygen atoms in total. The van der Waals surface area contributed by atoms with Gasteiger partial charge in [0.1, 0.15) is 0 Å². The van der Waals surface area contributed by atoms with E-state index in [1.54, 1.807) is 0 Å². The first-order valence-electron chi connectivity index (χ1n) is 18.3. The molecule has 0 atom stereocenters. The smallest absolute Gasteiger partial charge is 0.0467 e. The van der Waals surface area contributed by atoms with Crippen molar-refractivity contribution < 1.29 is 0 Å². The van der Waals surface area contributed by atoms with Crippen LogP contribution in [0.3, 0.4) is 0 Å². The normalized spacial score (nSPS) is 11.4. The molecule has 248 valence electrons. The van der Waals surface area contributed by atoms with Gasteiger partial charge in [0, 0.05) is 17.1 Å². The third kappa shape index (κ3) is 5.60. The number of nitrogens with zero attached hydrogens (tertiary/aromatic N) is 1. The van der Waals surface area contributed by atoms with Gasteiger partial charge in [0.25, 0.3) is 0 Å². The van der Waals surface area contributed by atoms with E-state index in [0.717, 1.165) is 17.1 Å². The topological polar surface area (TPSA) is 3.24 Å². The third-order valence-corrected chi connectivity index (χ3v) is 10.6. The Morgan fingerprint density at radius 2 is 0.736 bits per heavy atom. The third-order valence-electron chi connectivity index (χ3n) is 10.6. The fourth-order valence-electron chi connectivity index (χ4n) is 7.98. The minimum Gasteiger partial charge on any atom is -0.310 e. The number of fused-ring (bicyclic) bond motifs is 6. The van der Waals surface area contributed by atoms with E-state index in [1.807, 2.05) is 0 Å². The van der Waals surface area contributed by atoms with Crippen LogP contribution in [0.2, 0.25) is 0 Å². The zero-order chi connectivity index (χ0) is 35.1. The molecular formula is C52H35N. The van der Waals surface area contributed by atoms with Gasteiger partial charge in [-0.1, -0.05) is 170 Å². The van der Waals surface area contributed by atoms with Crippen LogP contribution in [0.1, 0.15) is 0 Å². The van der Waals surface area contributed by atoms with Crippen LogP contribution >= 0.6 is 0 Å². The molecule has 0 fully saturated rings. The van der Waals surface area contributed by atoms with Crippen molar-refractivity contribution in [2.75, 3.05) is 4.90 Å². The zero-order valence-electron chi connectivity index (χ0n) is 29.2. The van der Waals surface area contributed by atoms with Crippen molar-refractivity contribution in [1.82, 2.24) is 0 Å². The minimum atomic E-state index is 1.11. The second-order valence-electron chi connectivity index (χ2n) is 13.8. The Morgan fingerprint density at radius 1 is 0.245 bits per heavy atom. The molecule has 0 saturated heterocycles. The highest BCUT2D eigenvalue weighted by atomic mass is 15.1. The van der Waals surface area contributed by atoms with Crippen LogP contribution in [0.25, 0.3) is 76.5 Å². The predicted molar refractivity (Wildman–Crippen MR) is 227 cm³/mol. The molecule has 0 spiro atoms. The first-order chi connectivity index (χ1) is 26.3. The molecule has 1 heteroatoms. The molecular weight excluding hydrogens is 639 g/mol. The highest BCUT2D eigenvalue weighted by Gasteiger charge is 2.16. The summed E-state index contributed by atoms with van der Waals surface area (Å²) in [5.74, 6) is 0. The van der Waals surface area contributed by atoms with E-state index in [9.17, 15) is 0 Å². The van der Waals surface area contributed by atoms with Crippen molar-refractivity contribution in [3.05, 3.63) is 212 Å².